The molecule has 0 amide bonds. The number of likely N-dealkylation sites (N-methyl/N-ethyl adjacent to an activating group) is 1. The van der Waals surface area contributed by atoms with E-state index in [1.54, 1.807) is 19.1 Å². The summed E-state index contributed by atoms with van der Waals surface area (Å²) >= 11 is 0. The maximum atomic E-state index is 12.2. The summed E-state index contributed by atoms with van der Waals surface area (Å²) in [6, 6.07) is 14.7. The van der Waals surface area contributed by atoms with Crippen molar-refractivity contribution in [3.05, 3.63) is 70.3 Å². The molecule has 7 nitrogen and oxygen atoms in total. The second-order valence-corrected chi connectivity index (χ2v) is 7.54. The molecule has 1 heterocycles. The molecule has 0 saturated heterocycles. The number of Topliss-reactive ketones (excluding diaryl/α,β-unsaturated/α-hetero) is 1. The first-order chi connectivity index (χ1) is 14.4. The number of carbonyl (C=O) groups is 1. The van der Waals surface area contributed by atoms with Gasteiger partial charge in [-0.1, -0.05) is 24.3 Å². The number of aromatic nitrogens is 2. The van der Waals surface area contributed by atoms with Crippen LogP contribution in [-0.2, 0) is 17.8 Å². The number of para-hydroxylation sites is 1. The summed E-state index contributed by atoms with van der Waals surface area (Å²) in [6.07, 6.45) is 0.552. The van der Waals surface area contributed by atoms with E-state index in [0.29, 0.717) is 48.4 Å². The first-order valence-corrected chi connectivity index (χ1v) is 9.96. The zero-order chi connectivity index (χ0) is 21.5. The third kappa shape index (κ3) is 6.23. The third-order valence-corrected chi connectivity index (χ3v) is 4.74. The van der Waals surface area contributed by atoms with Crippen molar-refractivity contribution in [1.29, 1.82) is 0 Å². The second-order valence-electron chi connectivity index (χ2n) is 7.54. The molecule has 158 valence electrons. The molecule has 0 bridgehead atoms. The largest absolute Gasteiger partial charge is 0.491 e. The molecule has 3 aromatic rings. The Morgan fingerprint density at radius 3 is 2.67 bits per heavy atom. The van der Waals surface area contributed by atoms with Crippen LogP contribution < -0.4 is 10.3 Å². The third-order valence-electron chi connectivity index (χ3n) is 4.74. The van der Waals surface area contributed by atoms with Crippen LogP contribution in [0.2, 0.25) is 0 Å². The van der Waals surface area contributed by atoms with Crippen LogP contribution in [0.15, 0.2) is 53.3 Å². The Morgan fingerprint density at radius 1 is 1.20 bits per heavy atom. The number of fused-ring (bicyclic) bond motifs is 1. The van der Waals surface area contributed by atoms with E-state index in [1.165, 1.54) is 0 Å². The number of hydrogen-bond donors (Lipinski definition) is 2. The molecule has 0 spiro atoms. The topological polar surface area (TPSA) is 95.5 Å². The number of aliphatic hydroxyl groups is 1. The lowest BCUT2D eigenvalue weighted by Crippen LogP contribution is -2.33. The summed E-state index contributed by atoms with van der Waals surface area (Å²) in [5.41, 5.74) is 1.56. The fraction of sp³-hybridized carbons (Fsp3) is 0.348. The average molecular weight is 409 g/mol. The van der Waals surface area contributed by atoms with Crippen LogP contribution in [0, 0.1) is 0 Å². The Bertz CT molecular complexity index is 1050. The molecule has 7 heteroatoms. The Morgan fingerprint density at radius 2 is 1.93 bits per heavy atom. The van der Waals surface area contributed by atoms with E-state index < -0.39 is 6.10 Å². The number of ether oxygens (including phenoxy) is 1. The molecule has 2 aromatic carbocycles. The monoisotopic (exact) mass is 409 g/mol. The smallest absolute Gasteiger partial charge is 0.258 e. The zero-order valence-corrected chi connectivity index (χ0v) is 17.3. The molecule has 30 heavy (non-hydrogen) atoms. The van der Waals surface area contributed by atoms with Gasteiger partial charge in [0.25, 0.3) is 5.56 Å². The van der Waals surface area contributed by atoms with E-state index in [-0.39, 0.29) is 17.9 Å². The number of ketones is 1. The van der Waals surface area contributed by atoms with Gasteiger partial charge in [-0.05, 0) is 50.2 Å². The van der Waals surface area contributed by atoms with Crippen molar-refractivity contribution in [2.75, 3.05) is 20.2 Å². The number of carbonyl (C=O) groups excluding carboxylic acids is 1. The van der Waals surface area contributed by atoms with Gasteiger partial charge in [-0.15, -0.1) is 0 Å². The van der Waals surface area contributed by atoms with E-state index in [1.807, 2.05) is 48.3 Å². The zero-order valence-electron chi connectivity index (χ0n) is 17.3. The van der Waals surface area contributed by atoms with Crippen LogP contribution in [0.4, 0.5) is 0 Å². The molecule has 0 aliphatic heterocycles. The van der Waals surface area contributed by atoms with E-state index >= 15 is 0 Å². The number of benzene rings is 2. The lowest BCUT2D eigenvalue weighted by molar-refractivity contribution is -0.116. The van der Waals surface area contributed by atoms with Gasteiger partial charge in [0.05, 0.1) is 17.4 Å². The van der Waals surface area contributed by atoms with E-state index in [9.17, 15) is 14.7 Å². The number of aliphatic hydroxyl groups excluding tert-OH is 1. The van der Waals surface area contributed by atoms with E-state index in [2.05, 4.69) is 9.97 Å². The highest BCUT2D eigenvalue weighted by Gasteiger charge is 2.12. The average Bonchev–Trinajstić information content (AvgIpc) is 2.71. The van der Waals surface area contributed by atoms with Crippen LogP contribution >= 0.6 is 0 Å². The van der Waals surface area contributed by atoms with Crippen LogP contribution in [0.1, 0.15) is 24.7 Å². The molecule has 0 radical (unpaired) electrons. The molecule has 0 aliphatic carbocycles. The predicted molar refractivity (Wildman–Crippen MR) is 116 cm³/mol. The Balaban J connectivity index is 1.48. The van der Waals surface area contributed by atoms with Crippen molar-refractivity contribution in [3.63, 3.8) is 0 Å². The summed E-state index contributed by atoms with van der Waals surface area (Å²) in [6.45, 7) is 2.51. The fourth-order valence-electron chi connectivity index (χ4n) is 3.21. The Kier molecular flexibility index (Phi) is 7.32. The minimum absolute atomic E-state index is 0.152. The first-order valence-electron chi connectivity index (χ1n) is 9.96. The number of rotatable bonds is 10. The summed E-state index contributed by atoms with van der Waals surface area (Å²) in [5, 5.41) is 10.8. The lowest BCUT2D eigenvalue weighted by Gasteiger charge is -2.20. The molecular weight excluding hydrogens is 382 g/mol. The van der Waals surface area contributed by atoms with E-state index in [0.717, 1.165) is 5.56 Å². The molecular formula is C23H27N3O4. The summed E-state index contributed by atoms with van der Waals surface area (Å²) < 4.78 is 5.66. The van der Waals surface area contributed by atoms with Crippen LogP contribution in [0.25, 0.3) is 10.9 Å². The Hall–Kier alpha value is -3.03. The van der Waals surface area contributed by atoms with Crippen molar-refractivity contribution in [2.45, 2.75) is 32.4 Å². The lowest BCUT2D eigenvalue weighted by atomic mass is 10.1. The predicted octanol–water partition coefficient (Wildman–Crippen LogP) is 2.32. The van der Waals surface area contributed by atoms with Gasteiger partial charge in [-0.3, -0.25) is 9.69 Å². The number of hydrogen-bond acceptors (Lipinski definition) is 6. The minimum Gasteiger partial charge on any atom is -0.491 e. The first kappa shape index (κ1) is 21.7. The number of nitrogens with one attached hydrogen (secondary N) is 1. The maximum absolute atomic E-state index is 12.2. The second kappa shape index (κ2) is 10.1. The fourth-order valence-corrected chi connectivity index (χ4v) is 3.21. The number of nitrogens with zero attached hydrogens (tertiary/aromatic N) is 2. The van der Waals surface area contributed by atoms with E-state index in [4.69, 9.17) is 4.74 Å². The number of aryl methyl sites for hydroxylation is 1. The van der Waals surface area contributed by atoms with Gasteiger partial charge in [-0.2, -0.15) is 0 Å². The van der Waals surface area contributed by atoms with Gasteiger partial charge in [0, 0.05) is 13.0 Å². The highest BCUT2D eigenvalue weighted by molar-refractivity contribution is 5.77. The highest BCUT2D eigenvalue weighted by Crippen LogP contribution is 2.14. The molecule has 0 aliphatic rings. The van der Waals surface area contributed by atoms with Gasteiger partial charge >= 0.3 is 0 Å². The minimum atomic E-state index is -0.695. The molecule has 1 atom stereocenters. The van der Waals surface area contributed by atoms with Crippen molar-refractivity contribution in [1.82, 2.24) is 14.9 Å². The normalized spacial score (nSPS) is 12.3. The SMILES string of the molecule is CC(=O)CCc1ccc(OC[C@H](O)CN(C)Cc2nc3ccccc3c(=O)[nH]2)cc1. The standard InChI is InChI=1S/C23H27N3O4/c1-16(27)7-8-17-9-11-19(12-10-17)30-15-18(28)13-26(2)14-22-24-21-6-4-3-5-20(21)23(29)25-22/h3-6,9-12,18,28H,7-8,13-15H2,1-2H3,(H,24,25,29)/t18-/m1/s1. The van der Waals surface area contributed by atoms with Gasteiger partial charge < -0.3 is 19.6 Å². The van der Waals surface area contributed by atoms with Gasteiger partial charge in [0.15, 0.2) is 0 Å². The summed E-state index contributed by atoms with van der Waals surface area (Å²) in [7, 11) is 1.85. The quantitative estimate of drug-likeness (QED) is 0.534. The van der Waals surface area contributed by atoms with Gasteiger partial charge in [0.1, 0.15) is 30.1 Å². The van der Waals surface area contributed by atoms with Crippen LogP contribution in [-0.4, -0.2) is 52.1 Å². The molecule has 0 fully saturated rings. The highest BCUT2D eigenvalue weighted by atomic mass is 16.5. The number of aromatic amines is 1. The molecule has 0 unspecified atom stereocenters. The van der Waals surface area contributed by atoms with Crippen LogP contribution in [0.3, 0.4) is 0 Å². The van der Waals surface area contributed by atoms with Crippen molar-refractivity contribution in [3.8, 4) is 5.75 Å². The maximum Gasteiger partial charge on any atom is 0.258 e. The van der Waals surface area contributed by atoms with Gasteiger partial charge in [0.2, 0.25) is 0 Å². The summed E-state index contributed by atoms with van der Waals surface area (Å²) in [5.74, 6) is 1.39. The van der Waals surface area contributed by atoms with Crippen molar-refractivity contribution in [2.24, 2.45) is 0 Å². The Labute approximate surface area is 175 Å². The van der Waals surface area contributed by atoms with Gasteiger partial charge in [-0.25, -0.2) is 4.98 Å². The van der Waals surface area contributed by atoms with Crippen molar-refractivity contribution >= 4 is 16.7 Å². The summed E-state index contributed by atoms with van der Waals surface area (Å²) in [4.78, 5) is 32.4. The number of H-pyrrole nitrogens is 1. The van der Waals surface area contributed by atoms with Crippen molar-refractivity contribution < 1.29 is 14.6 Å². The van der Waals surface area contributed by atoms with Crippen LogP contribution in [0.5, 0.6) is 5.75 Å². The molecule has 3 rings (SSSR count). The molecule has 2 N–H and O–H groups in total. The molecule has 1 aromatic heterocycles. The molecule has 0 saturated carbocycles.